The van der Waals surface area contributed by atoms with Gasteiger partial charge in [0.2, 0.25) is 0 Å². The van der Waals surface area contributed by atoms with Crippen molar-refractivity contribution in [3.8, 4) is 0 Å². The van der Waals surface area contributed by atoms with Crippen LogP contribution in [0.3, 0.4) is 0 Å². The number of benzene rings is 2. The van der Waals surface area contributed by atoms with E-state index in [0.717, 1.165) is 29.0 Å². The van der Waals surface area contributed by atoms with E-state index in [0.29, 0.717) is 31.0 Å². The number of rotatable bonds is 6. The summed E-state index contributed by atoms with van der Waals surface area (Å²) in [6, 6.07) is 8.84. The van der Waals surface area contributed by atoms with Gasteiger partial charge in [0.25, 0.3) is 0 Å². The van der Waals surface area contributed by atoms with Crippen molar-refractivity contribution in [2.75, 3.05) is 20.1 Å². The number of nitrogens with one attached hydrogen (secondary N) is 3. The molecular formula is C20H21F3N4. The molecule has 0 aliphatic heterocycles. The van der Waals surface area contributed by atoms with Crippen LogP contribution in [0.25, 0.3) is 10.9 Å². The van der Waals surface area contributed by atoms with E-state index in [1.54, 1.807) is 19.2 Å². The molecule has 7 heteroatoms. The molecule has 3 N–H and O–H groups in total. The van der Waals surface area contributed by atoms with E-state index >= 15 is 0 Å². The molecule has 0 aliphatic carbocycles. The first-order valence-corrected chi connectivity index (χ1v) is 8.71. The normalized spacial score (nSPS) is 11.8. The summed E-state index contributed by atoms with van der Waals surface area (Å²) in [5, 5.41) is 7.25. The zero-order valence-electron chi connectivity index (χ0n) is 15.0. The molecule has 0 bridgehead atoms. The maximum atomic E-state index is 13.6. The molecule has 0 aliphatic rings. The minimum Gasteiger partial charge on any atom is -0.361 e. The smallest absolute Gasteiger partial charge is 0.190 e. The standard InChI is InChI=1S/C20H21F3N4/c1-24-20(25-9-7-13-3-2-4-17(22)19(13)23)26-10-8-14-12-27-18-11-15(21)5-6-16(14)18/h2-6,11-12,27H,7-10H2,1H3,(H2,24,25,26). The molecule has 1 heterocycles. The van der Waals surface area contributed by atoms with Crippen molar-refractivity contribution in [3.05, 3.63) is 71.2 Å². The Morgan fingerprint density at radius 1 is 1.00 bits per heavy atom. The van der Waals surface area contributed by atoms with E-state index in [1.807, 2.05) is 6.20 Å². The molecule has 142 valence electrons. The predicted molar refractivity (Wildman–Crippen MR) is 101 cm³/mol. The Bertz CT molecular complexity index is 950. The van der Waals surface area contributed by atoms with Gasteiger partial charge in [0.1, 0.15) is 5.82 Å². The third-order valence-corrected chi connectivity index (χ3v) is 4.36. The van der Waals surface area contributed by atoms with Crippen LogP contribution in [-0.4, -0.2) is 31.1 Å². The molecule has 3 rings (SSSR count). The largest absolute Gasteiger partial charge is 0.361 e. The van der Waals surface area contributed by atoms with Gasteiger partial charge in [-0.1, -0.05) is 12.1 Å². The molecule has 0 saturated heterocycles. The fraction of sp³-hybridized carbons (Fsp3) is 0.250. The highest BCUT2D eigenvalue weighted by Gasteiger charge is 2.08. The van der Waals surface area contributed by atoms with E-state index < -0.39 is 11.6 Å². The number of halogens is 3. The molecule has 0 saturated carbocycles. The average molecular weight is 374 g/mol. The number of guanidine groups is 1. The highest BCUT2D eigenvalue weighted by molar-refractivity contribution is 5.83. The minimum atomic E-state index is -0.839. The summed E-state index contributed by atoms with van der Waals surface area (Å²) >= 11 is 0. The second-order valence-electron chi connectivity index (χ2n) is 6.14. The Morgan fingerprint density at radius 3 is 2.48 bits per heavy atom. The number of hydrogen-bond donors (Lipinski definition) is 3. The quantitative estimate of drug-likeness (QED) is 0.457. The fourth-order valence-corrected chi connectivity index (χ4v) is 2.96. The van der Waals surface area contributed by atoms with Gasteiger partial charge in [0, 0.05) is 37.2 Å². The minimum absolute atomic E-state index is 0.270. The Hall–Kier alpha value is -2.96. The summed E-state index contributed by atoms with van der Waals surface area (Å²) < 4.78 is 40.1. The molecule has 4 nitrogen and oxygen atoms in total. The Labute approximate surface area is 155 Å². The molecule has 0 atom stereocenters. The van der Waals surface area contributed by atoms with Crippen LogP contribution in [0.1, 0.15) is 11.1 Å². The summed E-state index contributed by atoms with van der Waals surface area (Å²) in [5.41, 5.74) is 2.17. The zero-order chi connectivity index (χ0) is 19.2. The second kappa shape index (κ2) is 8.62. The van der Waals surface area contributed by atoms with Gasteiger partial charge >= 0.3 is 0 Å². The Balaban J connectivity index is 1.48. The number of nitrogens with zero attached hydrogens (tertiary/aromatic N) is 1. The summed E-state index contributed by atoms with van der Waals surface area (Å²) in [6.45, 7) is 1.05. The van der Waals surface area contributed by atoms with Crippen LogP contribution in [0.15, 0.2) is 47.6 Å². The number of fused-ring (bicyclic) bond motifs is 1. The number of aromatic nitrogens is 1. The lowest BCUT2D eigenvalue weighted by molar-refractivity contribution is 0.498. The van der Waals surface area contributed by atoms with Gasteiger partial charge < -0.3 is 15.6 Å². The molecule has 27 heavy (non-hydrogen) atoms. The molecule has 0 amide bonds. The summed E-state index contributed by atoms with van der Waals surface area (Å²) in [7, 11) is 1.65. The van der Waals surface area contributed by atoms with Crippen molar-refractivity contribution >= 4 is 16.9 Å². The third kappa shape index (κ3) is 4.61. The summed E-state index contributed by atoms with van der Waals surface area (Å²) in [5.74, 6) is -1.34. The predicted octanol–water partition coefficient (Wildman–Crippen LogP) is 3.54. The van der Waals surface area contributed by atoms with E-state index in [9.17, 15) is 13.2 Å². The highest BCUT2D eigenvalue weighted by atomic mass is 19.2. The molecule has 0 unspecified atom stereocenters. The number of aliphatic imine (C=N–C) groups is 1. The number of aromatic amines is 1. The van der Waals surface area contributed by atoms with Gasteiger partial charge in [-0.3, -0.25) is 4.99 Å². The van der Waals surface area contributed by atoms with Gasteiger partial charge in [0.15, 0.2) is 17.6 Å². The SMILES string of the molecule is CN=C(NCCc1cccc(F)c1F)NCCc1c[nH]c2cc(F)ccc12. The van der Waals surface area contributed by atoms with Crippen molar-refractivity contribution in [2.24, 2.45) is 4.99 Å². The van der Waals surface area contributed by atoms with Gasteiger partial charge in [-0.15, -0.1) is 0 Å². The zero-order valence-corrected chi connectivity index (χ0v) is 15.0. The molecule has 0 radical (unpaired) electrons. The van der Waals surface area contributed by atoms with Crippen LogP contribution in [-0.2, 0) is 12.8 Å². The molecule has 0 spiro atoms. The lowest BCUT2D eigenvalue weighted by Gasteiger charge is -2.12. The van der Waals surface area contributed by atoms with Gasteiger partial charge in [-0.2, -0.15) is 0 Å². The van der Waals surface area contributed by atoms with Crippen LogP contribution in [0, 0.1) is 17.5 Å². The first-order chi connectivity index (χ1) is 13.1. The van der Waals surface area contributed by atoms with Gasteiger partial charge in [0.05, 0.1) is 0 Å². The van der Waals surface area contributed by atoms with Crippen LogP contribution in [0.4, 0.5) is 13.2 Å². The van der Waals surface area contributed by atoms with Crippen molar-refractivity contribution in [2.45, 2.75) is 12.8 Å². The Kier molecular flexibility index (Phi) is 6.01. The van der Waals surface area contributed by atoms with E-state index in [1.165, 1.54) is 18.2 Å². The van der Waals surface area contributed by atoms with Crippen molar-refractivity contribution in [1.29, 1.82) is 0 Å². The highest BCUT2D eigenvalue weighted by Crippen LogP contribution is 2.19. The molecule has 3 aromatic rings. The molecule has 0 fully saturated rings. The van der Waals surface area contributed by atoms with Crippen molar-refractivity contribution in [3.63, 3.8) is 0 Å². The number of hydrogen-bond acceptors (Lipinski definition) is 1. The first kappa shape index (κ1) is 18.8. The Morgan fingerprint density at radius 2 is 1.74 bits per heavy atom. The van der Waals surface area contributed by atoms with Gasteiger partial charge in [-0.05, 0) is 48.2 Å². The van der Waals surface area contributed by atoms with Crippen LogP contribution in [0.2, 0.25) is 0 Å². The molecule has 1 aromatic heterocycles. The fourth-order valence-electron chi connectivity index (χ4n) is 2.96. The maximum absolute atomic E-state index is 13.6. The maximum Gasteiger partial charge on any atom is 0.190 e. The summed E-state index contributed by atoms with van der Waals surface area (Å²) in [4.78, 5) is 7.18. The van der Waals surface area contributed by atoms with Crippen LogP contribution in [0.5, 0.6) is 0 Å². The first-order valence-electron chi connectivity index (χ1n) is 8.71. The van der Waals surface area contributed by atoms with E-state index in [-0.39, 0.29) is 5.82 Å². The van der Waals surface area contributed by atoms with Crippen LogP contribution >= 0.6 is 0 Å². The molecule has 2 aromatic carbocycles. The lowest BCUT2D eigenvalue weighted by Crippen LogP contribution is -2.39. The molecular weight excluding hydrogens is 353 g/mol. The number of H-pyrrole nitrogens is 1. The van der Waals surface area contributed by atoms with Crippen LogP contribution < -0.4 is 10.6 Å². The van der Waals surface area contributed by atoms with Crippen molar-refractivity contribution in [1.82, 2.24) is 15.6 Å². The third-order valence-electron chi connectivity index (χ3n) is 4.36. The second-order valence-corrected chi connectivity index (χ2v) is 6.14. The van der Waals surface area contributed by atoms with Crippen molar-refractivity contribution < 1.29 is 13.2 Å². The lowest BCUT2D eigenvalue weighted by atomic mass is 10.1. The summed E-state index contributed by atoms with van der Waals surface area (Å²) in [6.07, 6.45) is 2.94. The topological polar surface area (TPSA) is 52.2 Å². The monoisotopic (exact) mass is 374 g/mol. The van der Waals surface area contributed by atoms with Gasteiger partial charge in [-0.25, -0.2) is 13.2 Å². The van der Waals surface area contributed by atoms with E-state index in [4.69, 9.17) is 0 Å². The average Bonchev–Trinajstić information content (AvgIpc) is 3.05. The van der Waals surface area contributed by atoms with E-state index in [2.05, 4.69) is 20.6 Å².